The fourth-order valence-corrected chi connectivity index (χ4v) is 4.81. The number of carboxylic acids is 1. The molecule has 4 heteroatoms. The van der Waals surface area contributed by atoms with Crippen LogP contribution in [0.4, 0.5) is 0 Å². The molecule has 0 aromatic carbocycles. The first-order chi connectivity index (χ1) is 6.83. The largest absolute Gasteiger partial charge is 0.481 e. The van der Waals surface area contributed by atoms with Gasteiger partial charge in [0.25, 0.3) is 0 Å². The molecule has 0 unspecified atom stereocenters. The molecule has 4 atom stereocenters. The second kappa shape index (κ2) is 3.06. The van der Waals surface area contributed by atoms with Crippen molar-refractivity contribution in [2.75, 3.05) is 0 Å². The Labute approximate surface area is 97.4 Å². The molecule has 0 saturated heterocycles. The Morgan fingerprint density at radius 2 is 2.20 bits per heavy atom. The van der Waals surface area contributed by atoms with E-state index in [-0.39, 0.29) is 28.4 Å². The SMILES string of the molecule is C[C@@]12CC[C@@H]([C@@H](Br)C1=O)[C@@]2(C)CC(=O)O. The van der Waals surface area contributed by atoms with Crippen molar-refractivity contribution in [2.24, 2.45) is 16.7 Å². The molecule has 84 valence electrons. The summed E-state index contributed by atoms with van der Waals surface area (Å²) in [4.78, 5) is 22.8. The van der Waals surface area contributed by atoms with Crippen molar-refractivity contribution in [1.82, 2.24) is 0 Å². The Kier molecular flexibility index (Phi) is 2.27. The third-order valence-electron chi connectivity index (χ3n) is 4.70. The number of rotatable bonds is 2. The van der Waals surface area contributed by atoms with Gasteiger partial charge in [0.15, 0.2) is 5.78 Å². The zero-order valence-corrected chi connectivity index (χ0v) is 10.5. The van der Waals surface area contributed by atoms with Crippen molar-refractivity contribution >= 4 is 27.7 Å². The highest BCUT2D eigenvalue weighted by molar-refractivity contribution is 9.10. The molecule has 2 aliphatic carbocycles. The Morgan fingerprint density at radius 1 is 1.60 bits per heavy atom. The second-order valence-corrected chi connectivity index (χ2v) is 6.22. The summed E-state index contributed by atoms with van der Waals surface area (Å²) in [5, 5.41) is 8.96. The van der Waals surface area contributed by atoms with Crippen LogP contribution in [0.2, 0.25) is 0 Å². The number of Topliss-reactive ketones (excluding diaryl/α,β-unsaturated/α-hetero) is 1. The summed E-state index contributed by atoms with van der Waals surface area (Å²) in [5.74, 6) is -0.418. The summed E-state index contributed by atoms with van der Waals surface area (Å²) in [6.07, 6.45) is 1.90. The third-order valence-corrected chi connectivity index (χ3v) is 5.75. The Hall–Kier alpha value is -0.380. The lowest BCUT2D eigenvalue weighted by Crippen LogP contribution is -2.37. The van der Waals surface area contributed by atoms with Gasteiger partial charge in [-0.3, -0.25) is 9.59 Å². The van der Waals surface area contributed by atoms with E-state index in [2.05, 4.69) is 15.9 Å². The topological polar surface area (TPSA) is 54.4 Å². The highest BCUT2D eigenvalue weighted by Gasteiger charge is 2.68. The minimum Gasteiger partial charge on any atom is -0.481 e. The smallest absolute Gasteiger partial charge is 0.303 e. The van der Waals surface area contributed by atoms with E-state index in [0.717, 1.165) is 12.8 Å². The van der Waals surface area contributed by atoms with E-state index in [9.17, 15) is 9.59 Å². The molecule has 0 aromatic heterocycles. The normalized spacial score (nSPS) is 48.6. The monoisotopic (exact) mass is 274 g/mol. The van der Waals surface area contributed by atoms with Crippen molar-refractivity contribution in [3.63, 3.8) is 0 Å². The predicted octanol–water partition coefficient (Wildman–Crippen LogP) is 2.23. The van der Waals surface area contributed by atoms with Gasteiger partial charge < -0.3 is 5.11 Å². The first kappa shape index (κ1) is 11.1. The Morgan fingerprint density at radius 3 is 2.60 bits per heavy atom. The molecule has 2 aliphatic rings. The maximum Gasteiger partial charge on any atom is 0.303 e. The van der Waals surface area contributed by atoms with Gasteiger partial charge in [0, 0.05) is 5.41 Å². The van der Waals surface area contributed by atoms with Gasteiger partial charge in [-0.15, -0.1) is 0 Å². The van der Waals surface area contributed by atoms with Crippen molar-refractivity contribution in [3.05, 3.63) is 0 Å². The van der Waals surface area contributed by atoms with Gasteiger partial charge in [0.1, 0.15) is 0 Å². The van der Waals surface area contributed by atoms with Crippen LogP contribution in [0.25, 0.3) is 0 Å². The molecule has 0 radical (unpaired) electrons. The van der Waals surface area contributed by atoms with Crippen molar-refractivity contribution in [1.29, 1.82) is 0 Å². The van der Waals surface area contributed by atoms with Crippen molar-refractivity contribution in [2.45, 2.75) is 37.9 Å². The minimum absolute atomic E-state index is 0.0992. The van der Waals surface area contributed by atoms with Gasteiger partial charge in [-0.05, 0) is 24.2 Å². The summed E-state index contributed by atoms with van der Waals surface area (Å²) in [5.41, 5.74) is -0.811. The van der Waals surface area contributed by atoms with Gasteiger partial charge >= 0.3 is 5.97 Å². The fourth-order valence-electron chi connectivity index (χ4n) is 3.46. The van der Waals surface area contributed by atoms with Gasteiger partial charge in [-0.25, -0.2) is 0 Å². The van der Waals surface area contributed by atoms with Crippen LogP contribution < -0.4 is 0 Å². The van der Waals surface area contributed by atoms with Crippen LogP contribution in [0.3, 0.4) is 0 Å². The van der Waals surface area contributed by atoms with Crippen LogP contribution in [0.1, 0.15) is 33.1 Å². The summed E-state index contributed by atoms with van der Waals surface area (Å²) >= 11 is 3.42. The van der Waals surface area contributed by atoms with E-state index >= 15 is 0 Å². The average Bonchev–Trinajstić information content (AvgIpc) is 2.42. The number of carbonyl (C=O) groups excluding carboxylic acids is 1. The summed E-state index contributed by atoms with van der Waals surface area (Å²) in [6, 6.07) is 0. The molecule has 0 amide bonds. The molecular formula is C11H15BrO3. The van der Waals surface area contributed by atoms with Crippen molar-refractivity contribution < 1.29 is 14.7 Å². The van der Waals surface area contributed by atoms with Crippen LogP contribution in [0.15, 0.2) is 0 Å². The predicted molar refractivity (Wildman–Crippen MR) is 58.9 cm³/mol. The van der Waals surface area contributed by atoms with E-state index in [0.29, 0.717) is 0 Å². The molecule has 0 heterocycles. The lowest BCUT2D eigenvalue weighted by atomic mass is 9.67. The highest BCUT2D eigenvalue weighted by atomic mass is 79.9. The number of aliphatic carboxylic acids is 1. The molecule has 0 aliphatic heterocycles. The van der Waals surface area contributed by atoms with Gasteiger partial charge in [0.2, 0.25) is 0 Å². The fraction of sp³-hybridized carbons (Fsp3) is 0.818. The van der Waals surface area contributed by atoms with Crippen LogP contribution in [-0.2, 0) is 9.59 Å². The van der Waals surface area contributed by atoms with Crippen LogP contribution in [0.5, 0.6) is 0 Å². The lowest BCUT2D eigenvalue weighted by molar-refractivity contribution is -0.142. The molecule has 2 bridgehead atoms. The first-order valence-electron chi connectivity index (χ1n) is 5.23. The molecular weight excluding hydrogens is 260 g/mol. The van der Waals surface area contributed by atoms with E-state index in [1.54, 1.807) is 0 Å². The maximum atomic E-state index is 12.0. The van der Waals surface area contributed by atoms with Gasteiger partial charge in [-0.2, -0.15) is 0 Å². The number of ketones is 1. The number of fused-ring (bicyclic) bond motifs is 2. The summed E-state index contributed by atoms with van der Waals surface area (Å²) < 4.78 is 0. The number of hydrogen-bond acceptors (Lipinski definition) is 2. The number of hydrogen-bond donors (Lipinski definition) is 1. The molecule has 0 aromatic rings. The Balaban J connectivity index is 2.42. The molecule has 3 nitrogen and oxygen atoms in total. The quantitative estimate of drug-likeness (QED) is 0.786. The van der Waals surface area contributed by atoms with Crippen LogP contribution in [0, 0.1) is 16.7 Å². The van der Waals surface area contributed by atoms with Gasteiger partial charge in [0.05, 0.1) is 11.2 Å². The molecule has 0 spiro atoms. The van der Waals surface area contributed by atoms with E-state index in [1.165, 1.54) is 0 Å². The molecule has 1 N–H and O–H groups in total. The molecule has 2 fully saturated rings. The zero-order valence-electron chi connectivity index (χ0n) is 8.92. The zero-order chi connectivity index (χ0) is 11.4. The third kappa shape index (κ3) is 1.17. The summed E-state index contributed by atoms with van der Waals surface area (Å²) in [7, 11) is 0. The first-order valence-corrected chi connectivity index (χ1v) is 6.15. The van der Waals surface area contributed by atoms with Crippen LogP contribution >= 0.6 is 15.9 Å². The van der Waals surface area contributed by atoms with E-state index < -0.39 is 11.4 Å². The highest BCUT2D eigenvalue weighted by Crippen LogP contribution is 2.66. The van der Waals surface area contributed by atoms with Crippen LogP contribution in [-0.4, -0.2) is 21.7 Å². The standard InChI is InChI=1S/C11H15BrO3/c1-10-4-3-6(8(12)9(10)15)11(10,2)5-7(13)14/h6,8H,3-5H2,1-2H3,(H,13,14)/t6-,8+,10+,11+/m0/s1. The average molecular weight is 275 g/mol. The Bertz CT molecular complexity index is 341. The second-order valence-electron chi connectivity index (χ2n) is 5.23. The molecule has 2 saturated carbocycles. The minimum atomic E-state index is -0.801. The van der Waals surface area contributed by atoms with E-state index in [4.69, 9.17) is 5.11 Å². The van der Waals surface area contributed by atoms with Gasteiger partial charge in [-0.1, -0.05) is 29.8 Å². The number of carboxylic acid groups (broad SMARTS) is 1. The molecule has 2 rings (SSSR count). The van der Waals surface area contributed by atoms with Crippen molar-refractivity contribution in [3.8, 4) is 0 Å². The summed E-state index contributed by atoms with van der Waals surface area (Å²) in [6.45, 7) is 3.89. The van der Waals surface area contributed by atoms with E-state index in [1.807, 2.05) is 13.8 Å². The number of carbonyl (C=O) groups is 2. The maximum absolute atomic E-state index is 12.0. The lowest BCUT2D eigenvalue weighted by Gasteiger charge is -2.34. The number of alkyl halides is 1. The number of halogens is 1. The molecule has 15 heavy (non-hydrogen) atoms.